The molecule has 1 unspecified atom stereocenters. The molecule has 1 aliphatic heterocycles. The smallest absolute Gasteiger partial charge is 0.257 e. The number of halogens is 2. The number of aromatic amines is 1. The van der Waals surface area contributed by atoms with Crippen LogP contribution in [0.1, 0.15) is 23.5 Å². The summed E-state index contributed by atoms with van der Waals surface area (Å²) in [6.07, 6.45) is -0.195. The number of nitrogens with zero attached hydrogens (tertiary/aromatic N) is 1. The average Bonchev–Trinajstić information content (AvgIpc) is 2.73. The molecule has 3 aromatic rings. The third-order valence-electron chi connectivity index (χ3n) is 4.62. The molecule has 1 atom stereocenters. The van der Waals surface area contributed by atoms with Gasteiger partial charge in [-0.2, -0.15) is 0 Å². The second-order valence-electron chi connectivity index (χ2n) is 6.85. The van der Waals surface area contributed by atoms with E-state index in [0.29, 0.717) is 21.6 Å². The van der Waals surface area contributed by atoms with Gasteiger partial charge in [-0.3, -0.25) is 14.4 Å². The lowest BCUT2D eigenvalue weighted by molar-refractivity contribution is -0.123. The third-order valence-corrected chi connectivity index (χ3v) is 5.80. The molecule has 0 saturated heterocycles. The van der Waals surface area contributed by atoms with Crippen LogP contribution in [0.2, 0.25) is 5.02 Å². The highest BCUT2D eigenvalue weighted by molar-refractivity contribution is 7.98. The molecular formula is C21H16ClFN4O3S. The quantitative estimate of drug-likeness (QED) is 0.397. The zero-order valence-electron chi connectivity index (χ0n) is 15.9. The molecule has 0 radical (unpaired) electrons. The predicted octanol–water partition coefficient (Wildman–Crippen LogP) is 3.92. The van der Waals surface area contributed by atoms with Crippen LogP contribution in [0.15, 0.2) is 58.5 Å². The van der Waals surface area contributed by atoms with Crippen molar-refractivity contribution in [2.75, 3.05) is 10.6 Å². The molecule has 1 aromatic heterocycles. The van der Waals surface area contributed by atoms with E-state index < -0.39 is 29.1 Å². The average molecular weight is 459 g/mol. The molecule has 158 valence electrons. The summed E-state index contributed by atoms with van der Waals surface area (Å²) in [6, 6.07) is 12.5. The topological polar surface area (TPSA) is 104 Å². The Bertz CT molecular complexity index is 1220. The van der Waals surface area contributed by atoms with Gasteiger partial charge in [0.05, 0.1) is 11.5 Å². The minimum absolute atomic E-state index is 0.0628. The van der Waals surface area contributed by atoms with E-state index in [-0.39, 0.29) is 17.8 Å². The first-order valence-corrected chi connectivity index (χ1v) is 10.6. The van der Waals surface area contributed by atoms with Crippen LogP contribution < -0.4 is 16.2 Å². The van der Waals surface area contributed by atoms with Gasteiger partial charge in [0.25, 0.3) is 5.56 Å². The molecule has 0 spiro atoms. The number of hydrogen-bond acceptors (Lipinski definition) is 5. The maximum atomic E-state index is 13.1. The summed E-state index contributed by atoms with van der Waals surface area (Å²) in [6.45, 7) is 0. The van der Waals surface area contributed by atoms with Gasteiger partial charge in [0.2, 0.25) is 11.8 Å². The molecule has 0 fully saturated rings. The van der Waals surface area contributed by atoms with E-state index in [1.54, 1.807) is 6.07 Å². The number of carbonyl (C=O) groups is 2. The van der Waals surface area contributed by atoms with Gasteiger partial charge in [-0.15, -0.1) is 0 Å². The Balaban J connectivity index is 1.57. The highest BCUT2D eigenvalue weighted by atomic mass is 35.5. The molecule has 2 amide bonds. The van der Waals surface area contributed by atoms with Crippen LogP contribution in [-0.2, 0) is 15.3 Å². The molecular weight excluding hydrogens is 443 g/mol. The Labute approximate surface area is 185 Å². The summed E-state index contributed by atoms with van der Waals surface area (Å²) in [5, 5.41) is 6.09. The maximum Gasteiger partial charge on any atom is 0.257 e. The second-order valence-corrected chi connectivity index (χ2v) is 8.25. The van der Waals surface area contributed by atoms with E-state index in [1.165, 1.54) is 36.0 Å². The van der Waals surface area contributed by atoms with Crippen molar-refractivity contribution in [3.05, 3.63) is 80.9 Å². The van der Waals surface area contributed by atoms with Gasteiger partial charge in [-0.25, -0.2) is 9.37 Å². The number of anilines is 2. The van der Waals surface area contributed by atoms with Crippen LogP contribution in [0.3, 0.4) is 0 Å². The van der Waals surface area contributed by atoms with Crippen molar-refractivity contribution in [1.29, 1.82) is 0 Å². The zero-order valence-corrected chi connectivity index (χ0v) is 17.5. The van der Waals surface area contributed by atoms with E-state index >= 15 is 0 Å². The first-order chi connectivity index (χ1) is 14.9. The molecule has 3 N–H and O–H groups in total. The van der Waals surface area contributed by atoms with Gasteiger partial charge < -0.3 is 15.6 Å². The van der Waals surface area contributed by atoms with Crippen molar-refractivity contribution < 1.29 is 14.0 Å². The largest absolute Gasteiger partial charge is 0.326 e. The van der Waals surface area contributed by atoms with Crippen LogP contribution in [0.25, 0.3) is 0 Å². The van der Waals surface area contributed by atoms with Gasteiger partial charge in [0.15, 0.2) is 5.16 Å². The van der Waals surface area contributed by atoms with Gasteiger partial charge in [0, 0.05) is 22.9 Å². The summed E-state index contributed by atoms with van der Waals surface area (Å²) in [7, 11) is 0. The van der Waals surface area contributed by atoms with Crippen molar-refractivity contribution in [2.24, 2.45) is 0 Å². The zero-order chi connectivity index (χ0) is 22.0. The third kappa shape index (κ3) is 4.95. The fourth-order valence-electron chi connectivity index (χ4n) is 3.18. The fraction of sp³-hybridized carbons (Fsp3) is 0.143. The Morgan fingerprint density at radius 1 is 1.23 bits per heavy atom. The normalized spacial score (nSPS) is 15.2. The van der Waals surface area contributed by atoms with Crippen LogP contribution in [0, 0.1) is 5.82 Å². The fourth-order valence-corrected chi connectivity index (χ4v) is 4.20. The Kier molecular flexibility index (Phi) is 6.06. The number of benzene rings is 2. The van der Waals surface area contributed by atoms with Crippen molar-refractivity contribution in [1.82, 2.24) is 9.97 Å². The van der Waals surface area contributed by atoms with E-state index in [1.807, 2.05) is 18.2 Å². The Hall–Kier alpha value is -3.17. The molecule has 10 heteroatoms. The number of H-pyrrole nitrogens is 1. The molecule has 1 aliphatic rings. The number of amides is 2. The molecule has 2 aromatic carbocycles. The van der Waals surface area contributed by atoms with E-state index in [2.05, 4.69) is 20.6 Å². The van der Waals surface area contributed by atoms with Crippen molar-refractivity contribution in [2.45, 2.75) is 23.2 Å². The Morgan fingerprint density at radius 2 is 2.00 bits per heavy atom. The highest BCUT2D eigenvalue weighted by Crippen LogP contribution is 2.31. The van der Waals surface area contributed by atoms with E-state index in [9.17, 15) is 18.8 Å². The Morgan fingerprint density at radius 3 is 2.74 bits per heavy atom. The number of carbonyl (C=O) groups excluding carboxylic acids is 2. The molecule has 0 bridgehead atoms. The summed E-state index contributed by atoms with van der Waals surface area (Å²) < 4.78 is 13.1. The minimum Gasteiger partial charge on any atom is -0.326 e. The number of aromatic nitrogens is 2. The van der Waals surface area contributed by atoms with Gasteiger partial charge in [-0.1, -0.05) is 35.5 Å². The van der Waals surface area contributed by atoms with Crippen LogP contribution in [-0.4, -0.2) is 21.8 Å². The summed E-state index contributed by atoms with van der Waals surface area (Å²) in [5.74, 6) is -1.86. The lowest BCUT2D eigenvalue weighted by atomic mass is 9.92. The van der Waals surface area contributed by atoms with Gasteiger partial charge in [-0.05, 0) is 42.0 Å². The van der Waals surface area contributed by atoms with Gasteiger partial charge >= 0.3 is 0 Å². The summed E-state index contributed by atoms with van der Waals surface area (Å²) in [4.78, 5) is 44.7. The van der Waals surface area contributed by atoms with Crippen LogP contribution >= 0.6 is 23.4 Å². The summed E-state index contributed by atoms with van der Waals surface area (Å²) in [5.41, 5.74) is 0.889. The molecule has 7 nitrogen and oxygen atoms in total. The maximum absolute atomic E-state index is 13.1. The molecule has 0 aliphatic carbocycles. The number of thioether (sulfide) groups is 1. The standard InChI is InChI=1S/C21H16ClFN4O3S/c22-12-3-1-2-11(8-12)10-31-21-26-18-17(20(30)27-21)15(9-16(28)25-18)19(29)24-14-6-4-13(23)5-7-14/h1-8,15H,9-10H2,(H,24,29)(H2,25,26,27,28,30). The first-order valence-electron chi connectivity index (χ1n) is 9.27. The minimum atomic E-state index is -1.02. The molecule has 31 heavy (non-hydrogen) atoms. The lowest BCUT2D eigenvalue weighted by Crippen LogP contribution is -2.36. The summed E-state index contributed by atoms with van der Waals surface area (Å²) >= 11 is 7.26. The second kappa shape index (κ2) is 8.91. The molecule has 4 rings (SSSR count). The number of hydrogen-bond donors (Lipinski definition) is 3. The molecule has 0 saturated carbocycles. The van der Waals surface area contributed by atoms with Crippen molar-refractivity contribution in [3.8, 4) is 0 Å². The lowest BCUT2D eigenvalue weighted by Gasteiger charge is -2.23. The van der Waals surface area contributed by atoms with Crippen LogP contribution in [0.5, 0.6) is 0 Å². The predicted molar refractivity (Wildman–Crippen MR) is 117 cm³/mol. The SMILES string of the molecule is O=C1CC(C(=O)Nc2ccc(F)cc2)c2c(nc(SCc3cccc(Cl)c3)[nH]c2=O)N1. The number of fused-ring (bicyclic) bond motifs is 1. The van der Waals surface area contributed by atoms with E-state index in [4.69, 9.17) is 11.6 Å². The van der Waals surface area contributed by atoms with Crippen LogP contribution in [0.4, 0.5) is 15.9 Å². The highest BCUT2D eigenvalue weighted by Gasteiger charge is 2.34. The van der Waals surface area contributed by atoms with Crippen molar-refractivity contribution in [3.63, 3.8) is 0 Å². The number of rotatable bonds is 5. The van der Waals surface area contributed by atoms with Crippen molar-refractivity contribution >= 4 is 46.7 Å². The van der Waals surface area contributed by atoms with Gasteiger partial charge in [0.1, 0.15) is 11.6 Å². The first kappa shape index (κ1) is 21.1. The number of nitrogens with one attached hydrogen (secondary N) is 3. The van der Waals surface area contributed by atoms with E-state index in [0.717, 1.165) is 5.56 Å². The monoisotopic (exact) mass is 458 g/mol. The molecule has 2 heterocycles.